The molecule has 1 aromatic carbocycles. The fourth-order valence-corrected chi connectivity index (χ4v) is 2.98. The van der Waals surface area contributed by atoms with Crippen LogP contribution in [0.4, 0.5) is 0 Å². The second kappa shape index (κ2) is 5.34. The van der Waals surface area contributed by atoms with Gasteiger partial charge in [0.05, 0.1) is 11.1 Å². The van der Waals surface area contributed by atoms with Gasteiger partial charge < -0.3 is 10.6 Å². The molecule has 1 saturated heterocycles. The lowest BCUT2D eigenvalue weighted by atomic mass is 10.1. The van der Waals surface area contributed by atoms with Crippen molar-refractivity contribution in [2.45, 2.75) is 18.9 Å². The van der Waals surface area contributed by atoms with Crippen LogP contribution < -0.4 is 5.73 Å². The van der Waals surface area contributed by atoms with Gasteiger partial charge in [-0.05, 0) is 31.5 Å². The number of fused-ring (bicyclic) bond motifs is 1. The number of imide groups is 1. The van der Waals surface area contributed by atoms with E-state index in [0.717, 1.165) is 25.9 Å². The lowest BCUT2D eigenvalue weighted by Gasteiger charge is -2.31. The molecule has 0 aromatic heterocycles. The summed E-state index contributed by atoms with van der Waals surface area (Å²) in [6.07, 6.45) is 2.15. The van der Waals surface area contributed by atoms with Crippen molar-refractivity contribution >= 4 is 11.8 Å². The molecule has 5 heteroatoms. The quantitative estimate of drug-likeness (QED) is 0.824. The molecular formula is C15H19N3O2. The van der Waals surface area contributed by atoms with Crippen LogP contribution in [0.1, 0.15) is 33.6 Å². The topological polar surface area (TPSA) is 66.6 Å². The van der Waals surface area contributed by atoms with Crippen molar-refractivity contribution in [3.63, 3.8) is 0 Å². The summed E-state index contributed by atoms with van der Waals surface area (Å²) in [6, 6.07) is 7.22. The summed E-state index contributed by atoms with van der Waals surface area (Å²) in [7, 11) is 0. The number of rotatable bonds is 3. The number of nitrogens with zero attached hydrogens (tertiary/aromatic N) is 2. The molecule has 2 aliphatic heterocycles. The predicted molar refractivity (Wildman–Crippen MR) is 75.5 cm³/mol. The number of carbonyl (C=O) groups excluding carboxylic acids is 2. The Hall–Kier alpha value is -1.72. The average Bonchev–Trinajstić information content (AvgIpc) is 2.70. The number of likely N-dealkylation sites (tertiary alicyclic amines) is 1. The third-order valence-corrected chi connectivity index (χ3v) is 4.06. The molecule has 2 N–H and O–H groups in total. The van der Waals surface area contributed by atoms with Gasteiger partial charge in [-0.3, -0.25) is 14.5 Å². The highest BCUT2D eigenvalue weighted by molar-refractivity contribution is 6.21. The van der Waals surface area contributed by atoms with Crippen LogP contribution in [-0.4, -0.2) is 53.8 Å². The molecule has 0 saturated carbocycles. The van der Waals surface area contributed by atoms with Crippen LogP contribution in [0.15, 0.2) is 24.3 Å². The zero-order chi connectivity index (χ0) is 14.1. The maximum Gasteiger partial charge on any atom is 0.261 e. The summed E-state index contributed by atoms with van der Waals surface area (Å²) < 4.78 is 0. The van der Waals surface area contributed by atoms with Crippen molar-refractivity contribution in [2.75, 3.05) is 26.2 Å². The highest BCUT2D eigenvalue weighted by Crippen LogP contribution is 2.22. The van der Waals surface area contributed by atoms with Crippen molar-refractivity contribution < 1.29 is 9.59 Å². The normalized spacial score (nSPS) is 23.2. The Bertz CT molecular complexity index is 509. The number of hydrogen-bond acceptors (Lipinski definition) is 4. The third kappa shape index (κ3) is 2.34. The van der Waals surface area contributed by atoms with E-state index in [1.165, 1.54) is 4.90 Å². The lowest BCUT2D eigenvalue weighted by Crippen LogP contribution is -2.46. The molecule has 0 spiro atoms. The molecule has 0 radical (unpaired) electrons. The largest absolute Gasteiger partial charge is 0.327 e. The first kappa shape index (κ1) is 13.3. The van der Waals surface area contributed by atoms with Crippen molar-refractivity contribution in [3.05, 3.63) is 35.4 Å². The van der Waals surface area contributed by atoms with Gasteiger partial charge in [0.15, 0.2) is 0 Å². The molecule has 5 nitrogen and oxygen atoms in total. The summed E-state index contributed by atoms with van der Waals surface area (Å²) >= 11 is 0. The second-order valence-corrected chi connectivity index (χ2v) is 5.51. The zero-order valence-electron chi connectivity index (χ0n) is 11.4. The maximum absolute atomic E-state index is 12.2. The summed E-state index contributed by atoms with van der Waals surface area (Å²) in [5.41, 5.74) is 6.99. The molecule has 2 aliphatic rings. The Labute approximate surface area is 118 Å². The van der Waals surface area contributed by atoms with Gasteiger partial charge >= 0.3 is 0 Å². The van der Waals surface area contributed by atoms with Crippen molar-refractivity contribution in [1.29, 1.82) is 0 Å². The molecule has 0 unspecified atom stereocenters. The van der Waals surface area contributed by atoms with Crippen molar-refractivity contribution in [3.8, 4) is 0 Å². The van der Waals surface area contributed by atoms with Gasteiger partial charge in [-0.15, -0.1) is 0 Å². The van der Waals surface area contributed by atoms with E-state index >= 15 is 0 Å². The van der Waals surface area contributed by atoms with Crippen LogP contribution in [0.2, 0.25) is 0 Å². The molecule has 3 rings (SSSR count). The van der Waals surface area contributed by atoms with Crippen LogP contribution >= 0.6 is 0 Å². The standard InChI is InChI=1S/C15H19N3O2/c16-11-4-3-7-17(10-11)8-9-18-14(19)12-5-1-2-6-13(12)15(18)20/h1-2,5-6,11H,3-4,7-10,16H2/t11-/m1/s1. The Balaban J connectivity index is 1.65. The van der Waals surface area contributed by atoms with Crippen molar-refractivity contribution in [2.24, 2.45) is 5.73 Å². The first-order valence-corrected chi connectivity index (χ1v) is 7.10. The number of nitrogens with two attached hydrogens (primary N) is 1. The molecule has 1 aromatic rings. The highest BCUT2D eigenvalue weighted by Gasteiger charge is 2.35. The minimum absolute atomic E-state index is 0.174. The van der Waals surface area contributed by atoms with E-state index in [9.17, 15) is 9.59 Å². The first-order valence-electron chi connectivity index (χ1n) is 7.10. The second-order valence-electron chi connectivity index (χ2n) is 5.51. The van der Waals surface area contributed by atoms with Gasteiger partial charge in [-0.25, -0.2) is 0 Å². The van der Waals surface area contributed by atoms with Gasteiger partial charge in [0.25, 0.3) is 11.8 Å². The summed E-state index contributed by atoms with van der Waals surface area (Å²) in [6.45, 7) is 3.00. The monoisotopic (exact) mass is 273 g/mol. The van der Waals surface area contributed by atoms with Gasteiger partial charge in [0.2, 0.25) is 0 Å². The van der Waals surface area contributed by atoms with Gasteiger partial charge in [0.1, 0.15) is 0 Å². The van der Waals surface area contributed by atoms with E-state index in [1.54, 1.807) is 24.3 Å². The fraction of sp³-hybridized carbons (Fsp3) is 0.467. The fourth-order valence-electron chi connectivity index (χ4n) is 2.98. The maximum atomic E-state index is 12.2. The van der Waals surface area contributed by atoms with Crippen LogP contribution in [0.5, 0.6) is 0 Å². The number of carbonyl (C=O) groups is 2. The molecule has 1 atom stereocenters. The molecule has 20 heavy (non-hydrogen) atoms. The van der Waals surface area contributed by atoms with Crippen LogP contribution in [0.25, 0.3) is 0 Å². The minimum Gasteiger partial charge on any atom is -0.327 e. The summed E-state index contributed by atoms with van der Waals surface area (Å²) in [5.74, 6) is -0.348. The number of piperidine rings is 1. The van der Waals surface area contributed by atoms with Gasteiger partial charge in [0, 0.05) is 25.7 Å². The molecule has 1 fully saturated rings. The Morgan fingerprint density at radius 2 is 1.75 bits per heavy atom. The van der Waals surface area contributed by atoms with Crippen molar-refractivity contribution in [1.82, 2.24) is 9.80 Å². The Kier molecular flexibility index (Phi) is 3.54. The molecule has 106 valence electrons. The first-order chi connectivity index (χ1) is 9.66. The van der Waals surface area contributed by atoms with Crippen LogP contribution in [0, 0.1) is 0 Å². The lowest BCUT2D eigenvalue weighted by molar-refractivity contribution is 0.0629. The zero-order valence-corrected chi connectivity index (χ0v) is 11.4. The van der Waals surface area contributed by atoms with E-state index in [0.29, 0.717) is 24.2 Å². The molecule has 2 amide bonds. The molecule has 0 bridgehead atoms. The van der Waals surface area contributed by atoms with Crippen LogP contribution in [0.3, 0.4) is 0 Å². The molecule has 0 aliphatic carbocycles. The highest BCUT2D eigenvalue weighted by atomic mass is 16.2. The van der Waals surface area contributed by atoms with Crippen LogP contribution in [-0.2, 0) is 0 Å². The van der Waals surface area contributed by atoms with E-state index < -0.39 is 0 Å². The number of amides is 2. The Morgan fingerprint density at radius 3 is 2.35 bits per heavy atom. The third-order valence-electron chi connectivity index (χ3n) is 4.06. The molecule has 2 heterocycles. The summed E-state index contributed by atoms with van der Waals surface area (Å²) in [5, 5.41) is 0. The predicted octanol–water partition coefficient (Wildman–Crippen LogP) is 0.706. The minimum atomic E-state index is -0.174. The van der Waals surface area contributed by atoms with E-state index in [2.05, 4.69) is 4.90 Å². The number of benzene rings is 1. The van der Waals surface area contributed by atoms with Gasteiger partial charge in [-0.2, -0.15) is 0 Å². The molecular weight excluding hydrogens is 254 g/mol. The summed E-state index contributed by atoms with van der Waals surface area (Å²) in [4.78, 5) is 28.0. The van der Waals surface area contributed by atoms with E-state index in [1.807, 2.05) is 0 Å². The van der Waals surface area contributed by atoms with Gasteiger partial charge in [-0.1, -0.05) is 12.1 Å². The van der Waals surface area contributed by atoms with E-state index in [-0.39, 0.29) is 17.9 Å². The SMILES string of the molecule is N[C@@H]1CCCN(CCN2C(=O)c3ccccc3C2=O)C1. The van der Waals surface area contributed by atoms with E-state index in [4.69, 9.17) is 5.73 Å². The number of hydrogen-bond donors (Lipinski definition) is 1. The Morgan fingerprint density at radius 1 is 1.10 bits per heavy atom. The average molecular weight is 273 g/mol. The smallest absolute Gasteiger partial charge is 0.261 e.